The van der Waals surface area contributed by atoms with Crippen molar-refractivity contribution in [3.8, 4) is 0 Å². The fourth-order valence-corrected chi connectivity index (χ4v) is 1.99. The molecule has 0 bridgehead atoms. The van der Waals surface area contributed by atoms with Gasteiger partial charge in [0.1, 0.15) is 6.61 Å². The van der Waals surface area contributed by atoms with Crippen molar-refractivity contribution < 1.29 is 9.53 Å². The first-order valence-corrected chi connectivity index (χ1v) is 6.55. The zero-order valence-corrected chi connectivity index (χ0v) is 11.7. The van der Waals surface area contributed by atoms with E-state index in [0.717, 1.165) is 24.8 Å². The molecule has 98 valence electrons. The van der Waals surface area contributed by atoms with Crippen molar-refractivity contribution in [2.45, 2.75) is 38.8 Å². The Hall–Kier alpha value is -0.420. The number of carbonyl (C=O) groups excluding carboxylic acids is 1. The van der Waals surface area contributed by atoms with Crippen LogP contribution in [0.4, 0.5) is 0 Å². The standard InChI is InChI=1S/C12H19NO2S.ClH/c1-2-3-4-11(13)12(14)8-15-7-10-5-6-16-9-10;/h5-6,9,11H,2-4,7-8,13H2,1H3;1H/t11-;/m0./s1. The highest BCUT2D eigenvalue weighted by Gasteiger charge is 2.12. The molecule has 1 atom stereocenters. The summed E-state index contributed by atoms with van der Waals surface area (Å²) >= 11 is 1.63. The van der Waals surface area contributed by atoms with Crippen LogP contribution in [0.15, 0.2) is 16.8 Å². The largest absolute Gasteiger partial charge is 0.369 e. The van der Waals surface area contributed by atoms with Crippen LogP contribution in [0.5, 0.6) is 0 Å². The molecule has 0 unspecified atom stereocenters. The maximum absolute atomic E-state index is 11.5. The molecular weight excluding hydrogens is 258 g/mol. The zero-order chi connectivity index (χ0) is 11.8. The van der Waals surface area contributed by atoms with Crippen LogP contribution in [0.2, 0.25) is 0 Å². The molecule has 0 aliphatic carbocycles. The average molecular weight is 278 g/mol. The lowest BCUT2D eigenvalue weighted by atomic mass is 10.1. The number of thiophene rings is 1. The summed E-state index contributed by atoms with van der Waals surface area (Å²) in [5.41, 5.74) is 6.85. The molecule has 17 heavy (non-hydrogen) atoms. The molecule has 0 aliphatic heterocycles. The molecule has 2 N–H and O–H groups in total. The zero-order valence-electron chi connectivity index (χ0n) is 10.1. The van der Waals surface area contributed by atoms with Crippen LogP contribution in [0, 0.1) is 0 Å². The second kappa shape index (κ2) is 9.59. The van der Waals surface area contributed by atoms with E-state index in [1.165, 1.54) is 0 Å². The minimum Gasteiger partial charge on any atom is -0.369 e. The van der Waals surface area contributed by atoms with Gasteiger partial charge in [0.05, 0.1) is 12.6 Å². The Bertz CT molecular complexity index is 303. The number of hydrogen-bond donors (Lipinski definition) is 1. The van der Waals surface area contributed by atoms with Crippen LogP contribution in [0.25, 0.3) is 0 Å². The molecule has 1 rings (SSSR count). The van der Waals surface area contributed by atoms with Crippen molar-refractivity contribution in [2.75, 3.05) is 6.61 Å². The molecule has 0 aromatic carbocycles. The van der Waals surface area contributed by atoms with E-state index in [9.17, 15) is 4.79 Å². The van der Waals surface area contributed by atoms with E-state index >= 15 is 0 Å². The van der Waals surface area contributed by atoms with Gasteiger partial charge in [0.15, 0.2) is 5.78 Å². The Morgan fingerprint density at radius 1 is 1.59 bits per heavy atom. The summed E-state index contributed by atoms with van der Waals surface area (Å²) < 4.78 is 5.32. The number of halogens is 1. The molecule has 0 spiro atoms. The van der Waals surface area contributed by atoms with Crippen LogP contribution in [0.1, 0.15) is 31.7 Å². The van der Waals surface area contributed by atoms with Gasteiger partial charge >= 0.3 is 0 Å². The highest BCUT2D eigenvalue weighted by Crippen LogP contribution is 2.07. The Balaban J connectivity index is 0.00000256. The van der Waals surface area contributed by atoms with E-state index in [-0.39, 0.29) is 30.8 Å². The number of Topliss-reactive ketones (excluding diaryl/α,β-unsaturated/α-hetero) is 1. The van der Waals surface area contributed by atoms with Gasteiger partial charge in [0.2, 0.25) is 0 Å². The Morgan fingerprint density at radius 3 is 2.94 bits per heavy atom. The highest BCUT2D eigenvalue weighted by atomic mass is 35.5. The highest BCUT2D eigenvalue weighted by molar-refractivity contribution is 7.07. The molecule has 0 saturated heterocycles. The summed E-state index contributed by atoms with van der Waals surface area (Å²) in [6.07, 6.45) is 2.82. The monoisotopic (exact) mass is 277 g/mol. The van der Waals surface area contributed by atoms with Crippen molar-refractivity contribution in [3.05, 3.63) is 22.4 Å². The fraction of sp³-hybridized carbons (Fsp3) is 0.583. The first-order chi connectivity index (χ1) is 7.74. The third kappa shape index (κ3) is 6.78. The smallest absolute Gasteiger partial charge is 0.175 e. The summed E-state index contributed by atoms with van der Waals surface area (Å²) in [6.45, 7) is 2.71. The molecule has 0 saturated carbocycles. The first-order valence-electron chi connectivity index (χ1n) is 5.61. The van der Waals surface area contributed by atoms with Gasteiger partial charge in [-0.2, -0.15) is 11.3 Å². The van der Waals surface area contributed by atoms with Crippen LogP contribution in [0.3, 0.4) is 0 Å². The van der Waals surface area contributed by atoms with Gasteiger partial charge in [0, 0.05) is 0 Å². The topological polar surface area (TPSA) is 52.3 Å². The number of carbonyl (C=O) groups is 1. The molecule has 0 fully saturated rings. The Kier molecular flexibility index (Phi) is 9.36. The molecule has 1 aromatic heterocycles. The minimum atomic E-state index is -0.359. The lowest BCUT2D eigenvalue weighted by molar-refractivity contribution is -0.125. The summed E-state index contributed by atoms with van der Waals surface area (Å²) in [5, 5.41) is 4.01. The molecule has 0 aliphatic rings. The number of unbranched alkanes of at least 4 members (excludes halogenated alkanes) is 1. The van der Waals surface area contributed by atoms with Gasteiger partial charge in [-0.1, -0.05) is 19.8 Å². The normalized spacial score (nSPS) is 11.9. The van der Waals surface area contributed by atoms with Gasteiger partial charge in [0.25, 0.3) is 0 Å². The van der Waals surface area contributed by atoms with Gasteiger partial charge < -0.3 is 10.5 Å². The Morgan fingerprint density at radius 2 is 2.35 bits per heavy atom. The van der Waals surface area contributed by atoms with Crippen molar-refractivity contribution in [2.24, 2.45) is 5.73 Å². The van der Waals surface area contributed by atoms with E-state index in [1.54, 1.807) is 11.3 Å². The van der Waals surface area contributed by atoms with Crippen LogP contribution < -0.4 is 5.73 Å². The van der Waals surface area contributed by atoms with Gasteiger partial charge in [-0.3, -0.25) is 4.79 Å². The maximum atomic E-state index is 11.5. The van der Waals surface area contributed by atoms with Gasteiger partial charge in [-0.15, -0.1) is 12.4 Å². The summed E-state index contributed by atoms with van der Waals surface area (Å²) in [6, 6.07) is 1.63. The molecular formula is C12H20ClNO2S. The third-order valence-electron chi connectivity index (χ3n) is 2.38. The van der Waals surface area contributed by atoms with Gasteiger partial charge in [-0.25, -0.2) is 0 Å². The summed E-state index contributed by atoms with van der Waals surface area (Å²) in [4.78, 5) is 11.5. The van der Waals surface area contributed by atoms with Crippen molar-refractivity contribution in [3.63, 3.8) is 0 Å². The van der Waals surface area contributed by atoms with Crippen LogP contribution in [-0.4, -0.2) is 18.4 Å². The lowest BCUT2D eigenvalue weighted by Crippen LogP contribution is -2.33. The quantitative estimate of drug-likeness (QED) is 0.795. The summed E-state index contributed by atoms with van der Waals surface area (Å²) in [7, 11) is 0. The maximum Gasteiger partial charge on any atom is 0.175 e. The minimum absolute atomic E-state index is 0. The van der Waals surface area contributed by atoms with E-state index in [0.29, 0.717) is 6.61 Å². The predicted molar refractivity (Wildman–Crippen MR) is 73.7 cm³/mol. The number of ether oxygens (including phenoxy) is 1. The molecule has 0 amide bonds. The second-order valence-electron chi connectivity index (χ2n) is 3.84. The van der Waals surface area contributed by atoms with E-state index in [1.807, 2.05) is 16.8 Å². The van der Waals surface area contributed by atoms with Crippen molar-refractivity contribution in [1.29, 1.82) is 0 Å². The Labute approximate surface area is 113 Å². The number of hydrogen-bond acceptors (Lipinski definition) is 4. The second-order valence-corrected chi connectivity index (χ2v) is 4.62. The van der Waals surface area contributed by atoms with Crippen LogP contribution in [-0.2, 0) is 16.1 Å². The SMILES string of the molecule is CCCC[C@H](N)C(=O)COCc1ccsc1.Cl. The van der Waals surface area contributed by atoms with E-state index in [2.05, 4.69) is 6.92 Å². The molecule has 0 radical (unpaired) electrons. The molecule has 3 nitrogen and oxygen atoms in total. The van der Waals surface area contributed by atoms with Crippen LogP contribution >= 0.6 is 23.7 Å². The molecule has 1 aromatic rings. The third-order valence-corrected chi connectivity index (χ3v) is 3.11. The fourth-order valence-electron chi connectivity index (χ4n) is 1.34. The van der Waals surface area contributed by atoms with E-state index < -0.39 is 0 Å². The molecule has 5 heteroatoms. The number of rotatable bonds is 8. The molecule has 1 heterocycles. The average Bonchev–Trinajstić information content (AvgIpc) is 2.78. The van der Waals surface area contributed by atoms with E-state index in [4.69, 9.17) is 10.5 Å². The van der Waals surface area contributed by atoms with Gasteiger partial charge in [-0.05, 0) is 28.8 Å². The lowest BCUT2D eigenvalue weighted by Gasteiger charge is -2.09. The van der Waals surface area contributed by atoms with Crippen molar-refractivity contribution in [1.82, 2.24) is 0 Å². The number of nitrogens with two attached hydrogens (primary N) is 1. The number of ketones is 1. The predicted octanol–water partition coefficient (Wildman–Crippen LogP) is 2.77. The van der Waals surface area contributed by atoms with Crippen molar-refractivity contribution >= 4 is 29.5 Å². The summed E-state index contributed by atoms with van der Waals surface area (Å²) in [5.74, 6) is 0.00341. The first kappa shape index (κ1) is 16.6.